The molecule has 2 N–H and O–H groups in total. The Morgan fingerprint density at radius 3 is 2.44 bits per heavy atom. The van der Waals surface area contributed by atoms with E-state index in [-0.39, 0.29) is 10.8 Å². The van der Waals surface area contributed by atoms with Crippen molar-refractivity contribution < 1.29 is 8.78 Å². The van der Waals surface area contributed by atoms with Crippen LogP contribution in [0.2, 0.25) is 5.02 Å². The first-order valence-electron chi connectivity index (χ1n) is 5.14. The lowest BCUT2D eigenvalue weighted by Gasteiger charge is -2.14. The van der Waals surface area contributed by atoms with Crippen molar-refractivity contribution in [2.24, 2.45) is 5.73 Å². The van der Waals surface area contributed by atoms with Gasteiger partial charge in [0.1, 0.15) is 11.6 Å². The van der Waals surface area contributed by atoms with Gasteiger partial charge in [-0.15, -0.1) is 0 Å². The number of benzene rings is 2. The SMILES string of the molecule is NC(c1ccc(F)c(Br)c1)c1ccc(F)cc1Cl. The highest BCUT2D eigenvalue weighted by atomic mass is 79.9. The summed E-state index contributed by atoms with van der Waals surface area (Å²) in [5.41, 5.74) is 7.32. The lowest BCUT2D eigenvalue weighted by molar-refractivity contribution is 0.619. The molecule has 0 heterocycles. The van der Waals surface area contributed by atoms with E-state index in [9.17, 15) is 8.78 Å². The van der Waals surface area contributed by atoms with Gasteiger partial charge < -0.3 is 5.73 Å². The van der Waals surface area contributed by atoms with Crippen LogP contribution in [-0.4, -0.2) is 0 Å². The molecule has 5 heteroatoms. The predicted octanol–water partition coefficient (Wildman–Crippen LogP) is 4.43. The maximum atomic E-state index is 13.1. The van der Waals surface area contributed by atoms with E-state index >= 15 is 0 Å². The van der Waals surface area contributed by atoms with Crippen molar-refractivity contribution >= 4 is 27.5 Å². The van der Waals surface area contributed by atoms with Crippen molar-refractivity contribution in [1.29, 1.82) is 0 Å². The van der Waals surface area contributed by atoms with Gasteiger partial charge in [-0.3, -0.25) is 0 Å². The lowest BCUT2D eigenvalue weighted by Crippen LogP contribution is -2.12. The molecular weight excluding hydrogens is 324 g/mol. The Labute approximate surface area is 117 Å². The smallest absolute Gasteiger partial charge is 0.137 e. The summed E-state index contributed by atoms with van der Waals surface area (Å²) in [7, 11) is 0. The molecule has 94 valence electrons. The maximum absolute atomic E-state index is 13.1. The number of hydrogen-bond acceptors (Lipinski definition) is 1. The molecule has 0 saturated heterocycles. The molecule has 0 aliphatic heterocycles. The van der Waals surface area contributed by atoms with Crippen molar-refractivity contribution in [3.05, 3.63) is 68.7 Å². The van der Waals surface area contributed by atoms with Crippen LogP contribution in [0.3, 0.4) is 0 Å². The Balaban J connectivity index is 2.41. The summed E-state index contributed by atoms with van der Waals surface area (Å²) in [6.07, 6.45) is 0. The number of rotatable bonds is 2. The molecule has 0 saturated carbocycles. The zero-order valence-corrected chi connectivity index (χ0v) is 11.5. The first kappa shape index (κ1) is 13.5. The monoisotopic (exact) mass is 331 g/mol. The highest BCUT2D eigenvalue weighted by Gasteiger charge is 2.14. The molecule has 0 aromatic heterocycles. The maximum Gasteiger partial charge on any atom is 0.137 e. The predicted molar refractivity (Wildman–Crippen MR) is 71.5 cm³/mol. The summed E-state index contributed by atoms with van der Waals surface area (Å²) in [4.78, 5) is 0. The van der Waals surface area contributed by atoms with Gasteiger partial charge in [-0.1, -0.05) is 23.7 Å². The number of hydrogen-bond donors (Lipinski definition) is 1. The van der Waals surface area contributed by atoms with Crippen LogP contribution >= 0.6 is 27.5 Å². The fraction of sp³-hybridized carbons (Fsp3) is 0.0769. The quantitative estimate of drug-likeness (QED) is 0.865. The summed E-state index contributed by atoms with van der Waals surface area (Å²) < 4.78 is 26.4. The van der Waals surface area contributed by atoms with Crippen molar-refractivity contribution in [2.45, 2.75) is 6.04 Å². The molecule has 0 spiro atoms. The van der Waals surface area contributed by atoms with Crippen LogP contribution in [0.4, 0.5) is 8.78 Å². The van der Waals surface area contributed by atoms with Crippen LogP contribution in [0.15, 0.2) is 40.9 Å². The molecule has 2 rings (SSSR count). The molecule has 0 amide bonds. The van der Waals surface area contributed by atoms with Gasteiger partial charge in [0.2, 0.25) is 0 Å². The molecule has 1 nitrogen and oxygen atoms in total. The van der Waals surface area contributed by atoms with Gasteiger partial charge in [0.15, 0.2) is 0 Å². The number of halogens is 4. The van der Waals surface area contributed by atoms with E-state index in [1.807, 2.05) is 0 Å². The van der Waals surface area contributed by atoms with E-state index in [4.69, 9.17) is 17.3 Å². The molecule has 0 radical (unpaired) electrons. The summed E-state index contributed by atoms with van der Waals surface area (Å²) in [6.45, 7) is 0. The molecule has 0 aliphatic carbocycles. The standard InChI is InChI=1S/C13H9BrClF2N/c14-10-5-7(1-4-12(10)17)13(18)9-3-2-8(16)6-11(9)15/h1-6,13H,18H2. The minimum atomic E-state index is -0.532. The Morgan fingerprint density at radius 1 is 1.11 bits per heavy atom. The highest BCUT2D eigenvalue weighted by Crippen LogP contribution is 2.29. The topological polar surface area (TPSA) is 26.0 Å². The molecule has 0 bridgehead atoms. The lowest BCUT2D eigenvalue weighted by atomic mass is 9.99. The largest absolute Gasteiger partial charge is 0.320 e. The molecule has 1 unspecified atom stereocenters. The van der Waals surface area contributed by atoms with Gasteiger partial charge in [-0.2, -0.15) is 0 Å². The molecule has 0 aliphatic rings. The second-order valence-corrected chi connectivity index (χ2v) is 5.08. The van der Waals surface area contributed by atoms with E-state index < -0.39 is 11.9 Å². The molecular formula is C13H9BrClF2N. The third-order valence-electron chi connectivity index (χ3n) is 2.60. The molecule has 2 aromatic rings. The Hall–Kier alpha value is -0.970. The van der Waals surface area contributed by atoms with Crippen molar-refractivity contribution in [3.63, 3.8) is 0 Å². The minimum absolute atomic E-state index is 0.253. The zero-order valence-electron chi connectivity index (χ0n) is 9.13. The summed E-state index contributed by atoms with van der Waals surface area (Å²) in [5.74, 6) is -0.785. The molecule has 18 heavy (non-hydrogen) atoms. The Morgan fingerprint density at radius 2 is 1.83 bits per heavy atom. The van der Waals surface area contributed by atoms with E-state index in [0.717, 1.165) is 0 Å². The van der Waals surface area contributed by atoms with Crippen LogP contribution in [-0.2, 0) is 0 Å². The Kier molecular flexibility index (Phi) is 4.00. The van der Waals surface area contributed by atoms with E-state index in [2.05, 4.69) is 15.9 Å². The average Bonchev–Trinajstić information content (AvgIpc) is 2.32. The Bertz CT molecular complexity index is 589. The summed E-state index contributed by atoms with van der Waals surface area (Å²) in [6, 6.07) is 7.96. The third kappa shape index (κ3) is 2.71. The fourth-order valence-electron chi connectivity index (χ4n) is 1.64. The second-order valence-electron chi connectivity index (χ2n) is 3.82. The second kappa shape index (κ2) is 5.34. The van der Waals surface area contributed by atoms with Gasteiger partial charge in [-0.25, -0.2) is 8.78 Å². The van der Waals surface area contributed by atoms with Crippen LogP contribution in [0.25, 0.3) is 0 Å². The van der Waals surface area contributed by atoms with Crippen LogP contribution in [0.1, 0.15) is 17.2 Å². The van der Waals surface area contributed by atoms with E-state index in [1.165, 1.54) is 24.3 Å². The third-order valence-corrected chi connectivity index (χ3v) is 3.54. The summed E-state index contributed by atoms with van der Waals surface area (Å²) in [5, 5.41) is 0.253. The van der Waals surface area contributed by atoms with Gasteiger partial charge >= 0.3 is 0 Å². The van der Waals surface area contributed by atoms with Crippen molar-refractivity contribution in [2.75, 3.05) is 0 Å². The highest BCUT2D eigenvalue weighted by molar-refractivity contribution is 9.10. The molecule has 1 atom stereocenters. The van der Waals surface area contributed by atoms with Gasteiger partial charge in [0.25, 0.3) is 0 Å². The van der Waals surface area contributed by atoms with Crippen molar-refractivity contribution in [3.8, 4) is 0 Å². The van der Waals surface area contributed by atoms with Gasteiger partial charge in [-0.05, 0) is 51.3 Å². The zero-order chi connectivity index (χ0) is 13.3. The molecule has 0 fully saturated rings. The first-order chi connectivity index (χ1) is 8.49. The van der Waals surface area contributed by atoms with Crippen LogP contribution < -0.4 is 5.73 Å². The van der Waals surface area contributed by atoms with E-state index in [1.54, 1.807) is 12.1 Å². The van der Waals surface area contributed by atoms with Crippen LogP contribution in [0.5, 0.6) is 0 Å². The van der Waals surface area contributed by atoms with Gasteiger partial charge in [0.05, 0.1) is 10.5 Å². The summed E-state index contributed by atoms with van der Waals surface area (Å²) >= 11 is 9.03. The first-order valence-corrected chi connectivity index (χ1v) is 6.31. The average molecular weight is 333 g/mol. The minimum Gasteiger partial charge on any atom is -0.320 e. The van der Waals surface area contributed by atoms with E-state index in [0.29, 0.717) is 15.6 Å². The number of nitrogens with two attached hydrogens (primary N) is 1. The van der Waals surface area contributed by atoms with Crippen LogP contribution in [0, 0.1) is 11.6 Å². The molecule has 2 aromatic carbocycles. The van der Waals surface area contributed by atoms with Crippen molar-refractivity contribution in [1.82, 2.24) is 0 Å². The fourth-order valence-corrected chi connectivity index (χ4v) is 2.32. The normalized spacial score (nSPS) is 12.5. The van der Waals surface area contributed by atoms with Gasteiger partial charge in [0, 0.05) is 5.02 Å².